The molecular weight excluding hydrogens is 436 g/mol. The Balaban J connectivity index is 1.82. The highest BCUT2D eigenvalue weighted by Crippen LogP contribution is 2.36. The average Bonchev–Trinajstić information content (AvgIpc) is 2.94. The van der Waals surface area contributed by atoms with Gasteiger partial charge in [-0.25, -0.2) is 0 Å². The summed E-state index contributed by atoms with van der Waals surface area (Å²) in [5, 5.41) is 39.5. The number of allylic oxidation sites excluding steroid dienone is 2. The van der Waals surface area contributed by atoms with Crippen LogP contribution in [-0.4, -0.2) is 44.7 Å². The lowest BCUT2D eigenvalue weighted by Gasteiger charge is -2.19. The molecule has 0 spiro atoms. The first-order valence-corrected chi connectivity index (χ1v) is 11.0. The molecule has 0 amide bonds. The number of unbranched alkanes of at least 4 members (excludes halogenated alkanes) is 1. The number of rotatable bonds is 11. The van der Waals surface area contributed by atoms with Crippen LogP contribution in [0.2, 0.25) is 0 Å². The Hall–Kier alpha value is -1.47. The van der Waals surface area contributed by atoms with E-state index in [2.05, 4.69) is 15.9 Å². The Morgan fingerprint density at radius 2 is 1.90 bits per heavy atom. The average molecular weight is 467 g/mol. The second kappa shape index (κ2) is 12.3. The van der Waals surface area contributed by atoms with Gasteiger partial charge >= 0.3 is 5.97 Å². The summed E-state index contributed by atoms with van der Waals surface area (Å²) in [6.07, 6.45) is 9.41. The monoisotopic (exact) mass is 466 g/mol. The Kier molecular flexibility index (Phi) is 10.1. The summed E-state index contributed by atoms with van der Waals surface area (Å²) in [6, 6.07) is 8.01. The van der Waals surface area contributed by atoms with Crippen molar-refractivity contribution in [2.75, 3.05) is 0 Å². The normalized spacial score (nSPS) is 25.8. The molecule has 2 rings (SSSR count). The van der Waals surface area contributed by atoms with Crippen LogP contribution >= 0.6 is 15.9 Å². The lowest BCUT2D eigenvalue weighted by molar-refractivity contribution is -0.137. The zero-order chi connectivity index (χ0) is 21.2. The standard InChI is InChI=1S/C23H31BrO5/c24-17-10-7-16(8-11-17)9-12-18(25)13-14-20-19(21(26)15-22(20)27)5-3-1-2-4-6-23(28)29/h1,3,7-8,10-11,13-14,18-22,25-27H,2,4-6,9,12,15H2,(H,28,29)/b3-1-,14-13+/t18?,19-,20-,21+,22-/m1/s1. The van der Waals surface area contributed by atoms with Crippen LogP contribution in [0, 0.1) is 11.8 Å². The number of aliphatic carboxylic acids is 1. The number of aliphatic hydroxyl groups is 3. The van der Waals surface area contributed by atoms with E-state index < -0.39 is 24.3 Å². The van der Waals surface area contributed by atoms with Crippen LogP contribution in [0.1, 0.15) is 44.1 Å². The largest absolute Gasteiger partial charge is 0.481 e. The van der Waals surface area contributed by atoms with Crippen LogP contribution in [0.4, 0.5) is 0 Å². The van der Waals surface area contributed by atoms with Gasteiger partial charge in [0.2, 0.25) is 0 Å². The predicted molar refractivity (Wildman–Crippen MR) is 116 cm³/mol. The van der Waals surface area contributed by atoms with Crippen LogP contribution in [0.15, 0.2) is 53.0 Å². The summed E-state index contributed by atoms with van der Waals surface area (Å²) in [7, 11) is 0. The molecule has 29 heavy (non-hydrogen) atoms. The van der Waals surface area contributed by atoms with Crippen LogP contribution in [-0.2, 0) is 11.2 Å². The second-order valence-corrected chi connectivity index (χ2v) is 8.64. The van der Waals surface area contributed by atoms with Crippen molar-refractivity contribution >= 4 is 21.9 Å². The summed E-state index contributed by atoms with van der Waals surface area (Å²) < 4.78 is 1.03. The third-order valence-corrected chi connectivity index (χ3v) is 5.98. The molecule has 1 fully saturated rings. The molecule has 0 aliphatic heterocycles. The summed E-state index contributed by atoms with van der Waals surface area (Å²) >= 11 is 3.41. The van der Waals surface area contributed by atoms with Crippen molar-refractivity contribution in [3.63, 3.8) is 0 Å². The van der Waals surface area contributed by atoms with Gasteiger partial charge in [0.25, 0.3) is 0 Å². The highest BCUT2D eigenvalue weighted by Gasteiger charge is 2.39. The van der Waals surface area contributed by atoms with Gasteiger partial charge in [-0.1, -0.05) is 52.4 Å². The first-order valence-electron chi connectivity index (χ1n) is 10.2. The minimum atomic E-state index is -0.795. The van der Waals surface area contributed by atoms with Gasteiger partial charge in [-0.3, -0.25) is 4.79 Å². The molecule has 6 heteroatoms. The maximum atomic E-state index is 10.5. The Morgan fingerprint density at radius 1 is 1.17 bits per heavy atom. The van der Waals surface area contributed by atoms with Crippen LogP contribution < -0.4 is 0 Å². The topological polar surface area (TPSA) is 98.0 Å². The lowest BCUT2D eigenvalue weighted by atomic mass is 9.89. The van der Waals surface area contributed by atoms with E-state index in [1.807, 2.05) is 42.5 Å². The van der Waals surface area contributed by atoms with E-state index >= 15 is 0 Å². The third kappa shape index (κ3) is 8.42. The number of carboxylic acid groups (broad SMARTS) is 1. The molecule has 0 aromatic heterocycles. The number of carbonyl (C=O) groups is 1. The fraction of sp³-hybridized carbons (Fsp3) is 0.522. The van der Waals surface area contributed by atoms with E-state index in [4.69, 9.17) is 5.11 Å². The van der Waals surface area contributed by atoms with E-state index in [1.165, 1.54) is 0 Å². The maximum Gasteiger partial charge on any atom is 0.303 e. The Morgan fingerprint density at radius 3 is 2.59 bits per heavy atom. The highest BCUT2D eigenvalue weighted by atomic mass is 79.9. The molecule has 1 aliphatic carbocycles. The fourth-order valence-corrected chi connectivity index (χ4v) is 4.03. The summed E-state index contributed by atoms with van der Waals surface area (Å²) in [6.45, 7) is 0. The first-order chi connectivity index (χ1) is 13.9. The van der Waals surface area contributed by atoms with Crippen molar-refractivity contribution in [1.29, 1.82) is 0 Å². The second-order valence-electron chi connectivity index (χ2n) is 7.72. The predicted octanol–water partition coefficient (Wildman–Crippen LogP) is 3.86. The molecule has 0 heterocycles. The summed E-state index contributed by atoms with van der Waals surface area (Å²) in [5.74, 6) is -1.09. The number of benzene rings is 1. The fourth-order valence-electron chi connectivity index (χ4n) is 3.77. The molecule has 1 aromatic rings. The molecular formula is C23H31BrO5. The SMILES string of the molecule is O=C(O)CCC/C=C\C[C@@H]1[C@@H](/C=C/C(O)CCc2ccc(Br)cc2)[C@H](O)C[C@@H]1O. The molecule has 160 valence electrons. The Labute approximate surface area is 180 Å². The molecule has 5 nitrogen and oxygen atoms in total. The van der Waals surface area contributed by atoms with E-state index in [-0.39, 0.29) is 18.3 Å². The third-order valence-electron chi connectivity index (χ3n) is 5.45. The molecule has 1 aliphatic rings. The van der Waals surface area contributed by atoms with E-state index in [1.54, 1.807) is 6.08 Å². The van der Waals surface area contributed by atoms with Gasteiger partial charge in [-0.05, 0) is 55.7 Å². The van der Waals surface area contributed by atoms with Crippen molar-refractivity contribution in [2.45, 2.75) is 63.3 Å². The summed E-state index contributed by atoms with van der Waals surface area (Å²) in [5.41, 5.74) is 1.16. The van der Waals surface area contributed by atoms with Gasteiger partial charge in [0, 0.05) is 23.2 Å². The van der Waals surface area contributed by atoms with E-state index in [0.717, 1.165) is 16.5 Å². The van der Waals surface area contributed by atoms with Gasteiger partial charge in [0.15, 0.2) is 0 Å². The zero-order valence-corrected chi connectivity index (χ0v) is 18.1. The molecule has 0 radical (unpaired) electrons. The van der Waals surface area contributed by atoms with E-state index in [9.17, 15) is 20.1 Å². The zero-order valence-electron chi connectivity index (χ0n) is 16.5. The molecule has 0 bridgehead atoms. The number of halogens is 1. The van der Waals surface area contributed by atoms with Gasteiger partial charge < -0.3 is 20.4 Å². The minimum Gasteiger partial charge on any atom is -0.481 e. The first kappa shape index (κ1) is 23.8. The molecule has 1 aromatic carbocycles. The van der Waals surface area contributed by atoms with Gasteiger partial charge in [-0.2, -0.15) is 0 Å². The van der Waals surface area contributed by atoms with Crippen molar-refractivity contribution in [3.8, 4) is 0 Å². The van der Waals surface area contributed by atoms with Crippen molar-refractivity contribution in [1.82, 2.24) is 0 Å². The lowest BCUT2D eigenvalue weighted by Crippen LogP contribution is -2.20. The molecule has 1 unspecified atom stereocenters. The smallest absolute Gasteiger partial charge is 0.303 e. The van der Waals surface area contributed by atoms with Crippen LogP contribution in [0.3, 0.4) is 0 Å². The minimum absolute atomic E-state index is 0.101. The molecule has 5 atom stereocenters. The number of carboxylic acids is 1. The van der Waals surface area contributed by atoms with Crippen molar-refractivity contribution in [3.05, 3.63) is 58.6 Å². The molecule has 0 saturated heterocycles. The van der Waals surface area contributed by atoms with Crippen molar-refractivity contribution in [2.24, 2.45) is 11.8 Å². The number of aryl methyl sites for hydroxylation is 1. The van der Waals surface area contributed by atoms with Gasteiger partial charge in [0.05, 0.1) is 18.3 Å². The van der Waals surface area contributed by atoms with Gasteiger partial charge in [-0.15, -0.1) is 0 Å². The maximum absolute atomic E-state index is 10.5. The van der Waals surface area contributed by atoms with E-state index in [0.29, 0.717) is 32.1 Å². The van der Waals surface area contributed by atoms with Crippen LogP contribution in [0.5, 0.6) is 0 Å². The van der Waals surface area contributed by atoms with Gasteiger partial charge in [0.1, 0.15) is 0 Å². The molecule has 4 N–H and O–H groups in total. The van der Waals surface area contributed by atoms with Crippen molar-refractivity contribution < 1.29 is 25.2 Å². The number of aliphatic hydroxyl groups excluding tert-OH is 3. The molecule has 1 saturated carbocycles. The summed E-state index contributed by atoms with van der Waals surface area (Å²) in [4.78, 5) is 10.5. The number of hydrogen-bond donors (Lipinski definition) is 4. The quantitative estimate of drug-likeness (QED) is 0.293. The highest BCUT2D eigenvalue weighted by molar-refractivity contribution is 9.10. The number of hydrogen-bond acceptors (Lipinski definition) is 4. The Bertz CT molecular complexity index is 685. The van der Waals surface area contributed by atoms with Crippen LogP contribution in [0.25, 0.3) is 0 Å².